The molecule has 0 aliphatic carbocycles. The molecule has 3 atom stereocenters. The second-order valence-electron chi connectivity index (χ2n) is 14.8. The summed E-state index contributed by atoms with van der Waals surface area (Å²) in [5.41, 5.74) is 5.36. The van der Waals surface area contributed by atoms with Gasteiger partial charge in [0.1, 0.15) is 12.1 Å². The molecule has 3 unspecified atom stereocenters. The van der Waals surface area contributed by atoms with Crippen molar-refractivity contribution in [2.45, 2.75) is 187 Å². The quantitative estimate of drug-likeness (QED) is 0.0234. The molecule has 4 N–H and O–H groups in total. The number of esters is 1. The van der Waals surface area contributed by atoms with E-state index in [2.05, 4.69) is 86.8 Å². The maximum Gasteiger partial charge on any atom is 0.472 e. The van der Waals surface area contributed by atoms with Crippen molar-refractivity contribution in [1.82, 2.24) is 0 Å². The third kappa shape index (κ3) is 41.6. The number of carboxylic acid groups (broad SMARTS) is 1. The van der Waals surface area contributed by atoms with Gasteiger partial charge in [0.2, 0.25) is 0 Å². The molecule has 0 aliphatic heterocycles. The van der Waals surface area contributed by atoms with Crippen molar-refractivity contribution in [2.75, 3.05) is 26.4 Å². The molecule has 0 saturated carbocycles. The van der Waals surface area contributed by atoms with E-state index in [1.807, 2.05) is 0 Å². The normalized spacial score (nSPS) is 14.6. The zero-order valence-corrected chi connectivity index (χ0v) is 37.3. The number of hydrogen-bond donors (Lipinski definition) is 3. The van der Waals surface area contributed by atoms with E-state index in [-0.39, 0.29) is 13.0 Å². The van der Waals surface area contributed by atoms with Crippen molar-refractivity contribution in [3.63, 3.8) is 0 Å². The Hall–Kier alpha value is -2.59. The van der Waals surface area contributed by atoms with Crippen LogP contribution in [-0.4, -0.2) is 60.5 Å². The van der Waals surface area contributed by atoms with Crippen LogP contribution in [-0.2, 0) is 32.7 Å². The van der Waals surface area contributed by atoms with E-state index in [0.717, 1.165) is 83.5 Å². The molecule has 0 rings (SSSR count). The van der Waals surface area contributed by atoms with Gasteiger partial charge in [-0.1, -0.05) is 164 Å². The van der Waals surface area contributed by atoms with Gasteiger partial charge in [-0.15, -0.1) is 0 Å². The maximum atomic E-state index is 12.7. The number of phosphoric ester groups is 1. The summed E-state index contributed by atoms with van der Waals surface area (Å²) in [7, 11) is -4.63. The largest absolute Gasteiger partial charge is 0.480 e. The summed E-state index contributed by atoms with van der Waals surface area (Å²) in [5.74, 6) is -1.80. The van der Waals surface area contributed by atoms with Gasteiger partial charge in [-0.3, -0.25) is 18.6 Å². The molecule has 0 bridgehead atoms. The predicted molar refractivity (Wildman–Crippen MR) is 240 cm³/mol. The average molecular weight is 836 g/mol. The van der Waals surface area contributed by atoms with Crippen LogP contribution in [0.4, 0.5) is 0 Å². The van der Waals surface area contributed by atoms with Crippen LogP contribution in [0.15, 0.2) is 72.9 Å². The zero-order chi connectivity index (χ0) is 42.6. The molecule has 0 aromatic carbocycles. The van der Waals surface area contributed by atoms with Gasteiger partial charge in [-0.25, -0.2) is 4.57 Å². The van der Waals surface area contributed by atoms with Crippen LogP contribution in [0.25, 0.3) is 0 Å². The lowest BCUT2D eigenvalue weighted by Crippen LogP contribution is -2.34. The number of ether oxygens (including phenoxy) is 2. The Balaban J connectivity index is 4.25. The molecule has 334 valence electrons. The fourth-order valence-corrected chi connectivity index (χ4v) is 6.51. The Morgan fingerprint density at radius 1 is 0.569 bits per heavy atom. The molecule has 10 nitrogen and oxygen atoms in total. The van der Waals surface area contributed by atoms with E-state index < -0.39 is 45.1 Å². The molecule has 11 heteroatoms. The summed E-state index contributed by atoms with van der Waals surface area (Å²) in [6.45, 7) is 3.69. The van der Waals surface area contributed by atoms with Crippen LogP contribution in [0.1, 0.15) is 174 Å². The average Bonchev–Trinajstić information content (AvgIpc) is 3.20. The molecule has 0 amide bonds. The summed E-state index contributed by atoms with van der Waals surface area (Å²) in [5, 5.41) is 8.90. The van der Waals surface area contributed by atoms with E-state index in [9.17, 15) is 19.0 Å². The number of aliphatic carboxylic acids is 1. The maximum absolute atomic E-state index is 12.7. The first-order valence-electron chi connectivity index (χ1n) is 22.5. The minimum atomic E-state index is -4.63. The van der Waals surface area contributed by atoms with Crippen LogP contribution in [0.2, 0.25) is 0 Å². The molecule has 0 aromatic rings. The molecule has 0 spiro atoms. The van der Waals surface area contributed by atoms with Gasteiger partial charge in [0.25, 0.3) is 0 Å². The van der Waals surface area contributed by atoms with Crippen molar-refractivity contribution in [3.05, 3.63) is 72.9 Å². The SMILES string of the molecule is CC/C=C\C/C=C\C/C=C\C/C=C\CCCCCCCCCCC(=O)OC(COCCCCCCCC/C=C\C/C=C\CCCC)COP(=O)(O)OCC(N)C(=O)O. The van der Waals surface area contributed by atoms with Gasteiger partial charge in [0.05, 0.1) is 19.8 Å². The van der Waals surface area contributed by atoms with Gasteiger partial charge in [0.15, 0.2) is 0 Å². The Labute approximate surface area is 353 Å². The van der Waals surface area contributed by atoms with E-state index in [1.54, 1.807) is 0 Å². The number of carboxylic acids is 1. The second kappa shape index (κ2) is 42.5. The molecule has 0 fully saturated rings. The summed E-state index contributed by atoms with van der Waals surface area (Å²) in [4.78, 5) is 33.6. The number of carbonyl (C=O) groups is 2. The Morgan fingerprint density at radius 2 is 1.00 bits per heavy atom. The number of rotatable bonds is 42. The van der Waals surface area contributed by atoms with E-state index in [1.165, 1.54) is 64.2 Å². The van der Waals surface area contributed by atoms with Crippen molar-refractivity contribution < 1.29 is 42.7 Å². The first-order chi connectivity index (χ1) is 28.2. The topological polar surface area (TPSA) is 155 Å². The first-order valence-corrected chi connectivity index (χ1v) is 24.0. The standard InChI is InChI=1S/C47H82NO9P/c1-3-5-7-9-11-13-15-17-19-20-21-22-23-24-25-27-29-31-33-35-37-39-46(49)57-44(42-55-58(52,53)56-43-45(48)47(50)51)41-54-40-38-36-34-32-30-28-26-18-16-14-12-10-8-6-4-2/h5,7,10-13,16-19,21-22,44-45H,3-4,6,8-9,14-15,20,23-43,48H2,1-2H3,(H,50,51)(H,52,53)/b7-5-,12-10-,13-11-,18-16-,19-17-,22-21-. The zero-order valence-electron chi connectivity index (χ0n) is 36.4. The molecule has 58 heavy (non-hydrogen) atoms. The Kier molecular flexibility index (Phi) is 40.6. The molecule has 0 radical (unpaired) electrons. The van der Waals surface area contributed by atoms with Gasteiger partial charge >= 0.3 is 19.8 Å². The third-order valence-corrected chi connectivity index (χ3v) is 10.2. The third-order valence-electron chi connectivity index (χ3n) is 9.22. The van der Waals surface area contributed by atoms with Crippen LogP contribution < -0.4 is 5.73 Å². The highest BCUT2D eigenvalue weighted by atomic mass is 31.2. The highest BCUT2D eigenvalue weighted by molar-refractivity contribution is 7.47. The minimum absolute atomic E-state index is 0.00277. The fourth-order valence-electron chi connectivity index (χ4n) is 5.73. The highest BCUT2D eigenvalue weighted by Crippen LogP contribution is 2.43. The molecule has 0 heterocycles. The van der Waals surface area contributed by atoms with Gasteiger partial charge in [-0.2, -0.15) is 0 Å². The number of phosphoric acid groups is 1. The Morgan fingerprint density at radius 3 is 1.50 bits per heavy atom. The molecular weight excluding hydrogens is 753 g/mol. The van der Waals surface area contributed by atoms with Crippen LogP contribution >= 0.6 is 7.82 Å². The lowest BCUT2D eigenvalue weighted by Gasteiger charge is -2.20. The molecule has 0 aromatic heterocycles. The molecular formula is C47H82NO9P. The minimum Gasteiger partial charge on any atom is -0.480 e. The van der Waals surface area contributed by atoms with Crippen molar-refractivity contribution in [2.24, 2.45) is 5.73 Å². The Bertz CT molecular complexity index is 1200. The van der Waals surface area contributed by atoms with E-state index in [0.29, 0.717) is 13.0 Å². The van der Waals surface area contributed by atoms with Gasteiger partial charge < -0.3 is 25.2 Å². The number of hydrogen-bond acceptors (Lipinski definition) is 8. The summed E-state index contributed by atoms with van der Waals surface area (Å²) in [6.07, 6.45) is 52.3. The van der Waals surface area contributed by atoms with Gasteiger partial charge in [-0.05, 0) is 77.0 Å². The summed E-state index contributed by atoms with van der Waals surface area (Å²) >= 11 is 0. The predicted octanol–water partition coefficient (Wildman–Crippen LogP) is 12.6. The van der Waals surface area contributed by atoms with Crippen molar-refractivity contribution >= 4 is 19.8 Å². The number of allylic oxidation sites excluding steroid dienone is 12. The lowest BCUT2D eigenvalue weighted by molar-refractivity contribution is -0.154. The van der Waals surface area contributed by atoms with Crippen molar-refractivity contribution in [3.8, 4) is 0 Å². The number of carbonyl (C=O) groups excluding carboxylic acids is 1. The fraction of sp³-hybridized carbons (Fsp3) is 0.702. The first kappa shape index (κ1) is 55.4. The van der Waals surface area contributed by atoms with Gasteiger partial charge in [0, 0.05) is 13.0 Å². The molecule has 0 saturated heterocycles. The highest BCUT2D eigenvalue weighted by Gasteiger charge is 2.27. The van der Waals surface area contributed by atoms with E-state index in [4.69, 9.17) is 29.4 Å². The van der Waals surface area contributed by atoms with Crippen LogP contribution in [0.3, 0.4) is 0 Å². The molecule has 0 aliphatic rings. The number of unbranched alkanes of at least 4 members (excludes halogenated alkanes) is 16. The smallest absolute Gasteiger partial charge is 0.472 e. The second-order valence-corrected chi connectivity index (χ2v) is 16.2. The lowest BCUT2D eigenvalue weighted by atomic mass is 10.1. The van der Waals surface area contributed by atoms with Crippen LogP contribution in [0, 0.1) is 0 Å². The number of nitrogens with two attached hydrogens (primary N) is 1. The summed E-state index contributed by atoms with van der Waals surface area (Å²) in [6, 6.07) is -1.48. The van der Waals surface area contributed by atoms with Crippen molar-refractivity contribution in [1.29, 1.82) is 0 Å². The van der Waals surface area contributed by atoms with E-state index >= 15 is 0 Å². The van der Waals surface area contributed by atoms with Crippen LogP contribution in [0.5, 0.6) is 0 Å². The monoisotopic (exact) mass is 836 g/mol. The summed E-state index contributed by atoms with van der Waals surface area (Å²) < 4.78 is 33.4.